The minimum absolute atomic E-state index is 0.0832. The molecule has 4 rings (SSSR count). The van der Waals surface area contributed by atoms with Gasteiger partial charge in [0.2, 0.25) is 0 Å². The molecule has 0 unspecified atom stereocenters. The molecule has 6 nitrogen and oxygen atoms in total. The molecule has 0 bridgehead atoms. The highest BCUT2D eigenvalue weighted by Crippen LogP contribution is 2.35. The zero-order chi connectivity index (χ0) is 18.8. The summed E-state index contributed by atoms with van der Waals surface area (Å²) in [6.07, 6.45) is 1.27. The van der Waals surface area contributed by atoms with Crippen LogP contribution in [0.3, 0.4) is 0 Å². The van der Waals surface area contributed by atoms with Gasteiger partial charge in [0.1, 0.15) is 13.2 Å². The van der Waals surface area contributed by atoms with Gasteiger partial charge in [0.25, 0.3) is 0 Å². The second kappa shape index (κ2) is 7.39. The van der Waals surface area contributed by atoms with E-state index in [9.17, 15) is 9.90 Å². The number of methoxy groups -OCH3 is 1. The van der Waals surface area contributed by atoms with Gasteiger partial charge in [0.05, 0.1) is 19.6 Å². The molecule has 6 heteroatoms. The van der Waals surface area contributed by atoms with Crippen LogP contribution in [0.25, 0.3) is 0 Å². The molecule has 142 valence electrons. The summed E-state index contributed by atoms with van der Waals surface area (Å²) in [4.78, 5) is 12.3. The average molecular weight is 370 g/mol. The third kappa shape index (κ3) is 3.65. The van der Waals surface area contributed by atoms with Gasteiger partial charge in [-0.05, 0) is 48.2 Å². The Morgan fingerprint density at radius 3 is 2.56 bits per heavy atom. The normalized spacial score (nSPS) is 21.0. The number of aromatic hydroxyl groups is 1. The number of benzene rings is 2. The zero-order valence-electron chi connectivity index (χ0n) is 15.1. The quantitative estimate of drug-likeness (QED) is 0.816. The van der Waals surface area contributed by atoms with E-state index < -0.39 is 0 Å². The van der Waals surface area contributed by atoms with Crippen LogP contribution >= 0.6 is 0 Å². The van der Waals surface area contributed by atoms with Crippen LogP contribution in [-0.2, 0) is 22.4 Å². The van der Waals surface area contributed by atoms with Crippen LogP contribution in [0.1, 0.15) is 11.1 Å². The molecule has 2 aliphatic heterocycles. The molecule has 0 aromatic heterocycles. The number of ether oxygens (including phenoxy) is 4. The van der Waals surface area contributed by atoms with Gasteiger partial charge in [-0.15, -0.1) is 0 Å². The van der Waals surface area contributed by atoms with Crippen molar-refractivity contribution in [3.8, 4) is 23.0 Å². The predicted molar refractivity (Wildman–Crippen MR) is 97.4 cm³/mol. The van der Waals surface area contributed by atoms with Crippen molar-refractivity contribution in [1.82, 2.24) is 0 Å². The number of carbonyl (C=O) groups is 1. The number of rotatable bonds is 5. The second-order valence-corrected chi connectivity index (χ2v) is 6.89. The van der Waals surface area contributed by atoms with Gasteiger partial charge in [-0.1, -0.05) is 12.1 Å². The monoisotopic (exact) mass is 370 g/mol. The minimum Gasteiger partial charge on any atom is -0.504 e. The van der Waals surface area contributed by atoms with Gasteiger partial charge < -0.3 is 24.1 Å². The smallest absolute Gasteiger partial charge is 0.309 e. The Morgan fingerprint density at radius 1 is 1.00 bits per heavy atom. The number of hydrogen-bond acceptors (Lipinski definition) is 6. The van der Waals surface area contributed by atoms with Crippen molar-refractivity contribution in [2.24, 2.45) is 11.8 Å². The summed E-state index contributed by atoms with van der Waals surface area (Å²) in [5.41, 5.74) is 2.02. The van der Waals surface area contributed by atoms with Crippen LogP contribution < -0.4 is 14.2 Å². The van der Waals surface area contributed by atoms with Crippen molar-refractivity contribution in [3.05, 3.63) is 47.5 Å². The highest BCUT2D eigenvalue weighted by Gasteiger charge is 2.37. The molecule has 0 aliphatic carbocycles. The summed E-state index contributed by atoms with van der Waals surface area (Å²) in [6, 6.07) is 11.1. The van der Waals surface area contributed by atoms with E-state index in [0.717, 1.165) is 29.0 Å². The molecule has 1 N–H and O–H groups in total. The molecule has 0 amide bonds. The molecule has 2 heterocycles. The molecule has 1 saturated heterocycles. The molecule has 2 aromatic carbocycles. The lowest BCUT2D eigenvalue weighted by atomic mass is 9.85. The number of esters is 1. The van der Waals surface area contributed by atoms with Gasteiger partial charge in [-0.25, -0.2) is 0 Å². The van der Waals surface area contributed by atoms with Crippen molar-refractivity contribution in [1.29, 1.82) is 0 Å². The molecule has 2 aromatic rings. The number of hydrogen-bond donors (Lipinski definition) is 1. The Balaban J connectivity index is 1.50. The first kappa shape index (κ1) is 17.5. The Kier molecular flexibility index (Phi) is 4.79. The molecule has 27 heavy (non-hydrogen) atoms. The van der Waals surface area contributed by atoms with Gasteiger partial charge >= 0.3 is 5.97 Å². The topological polar surface area (TPSA) is 74.2 Å². The van der Waals surface area contributed by atoms with E-state index in [0.29, 0.717) is 32.0 Å². The molecular formula is C21H22O6. The lowest BCUT2D eigenvalue weighted by Crippen LogP contribution is -2.21. The van der Waals surface area contributed by atoms with E-state index in [1.807, 2.05) is 24.3 Å². The summed E-state index contributed by atoms with van der Waals surface area (Å²) in [6.45, 7) is 1.52. The van der Waals surface area contributed by atoms with Crippen LogP contribution in [0, 0.1) is 11.8 Å². The zero-order valence-corrected chi connectivity index (χ0v) is 15.1. The Morgan fingerprint density at radius 2 is 1.74 bits per heavy atom. The van der Waals surface area contributed by atoms with E-state index in [2.05, 4.69) is 0 Å². The first-order valence-corrected chi connectivity index (χ1v) is 9.05. The highest BCUT2D eigenvalue weighted by molar-refractivity contribution is 5.75. The summed E-state index contributed by atoms with van der Waals surface area (Å²) < 4.78 is 21.7. The molecule has 2 aliphatic rings. The van der Waals surface area contributed by atoms with E-state index in [1.165, 1.54) is 7.11 Å². The number of cyclic esters (lactones) is 1. The van der Waals surface area contributed by atoms with Gasteiger partial charge in [-0.2, -0.15) is 0 Å². The van der Waals surface area contributed by atoms with E-state index in [1.54, 1.807) is 12.1 Å². The van der Waals surface area contributed by atoms with E-state index in [4.69, 9.17) is 18.9 Å². The maximum absolute atomic E-state index is 12.3. The molecular weight excluding hydrogens is 348 g/mol. The summed E-state index contributed by atoms with van der Waals surface area (Å²) >= 11 is 0. The fourth-order valence-electron chi connectivity index (χ4n) is 3.68. The largest absolute Gasteiger partial charge is 0.504 e. The molecule has 1 fully saturated rings. The van der Waals surface area contributed by atoms with Crippen molar-refractivity contribution < 1.29 is 28.8 Å². The first-order valence-electron chi connectivity index (χ1n) is 9.05. The fraction of sp³-hybridized carbons (Fsp3) is 0.381. The van der Waals surface area contributed by atoms with Crippen LogP contribution in [0.15, 0.2) is 36.4 Å². The van der Waals surface area contributed by atoms with Crippen LogP contribution in [0.4, 0.5) is 0 Å². The Hall–Kier alpha value is -2.89. The summed E-state index contributed by atoms with van der Waals surface area (Å²) in [5, 5.41) is 9.75. The summed E-state index contributed by atoms with van der Waals surface area (Å²) in [7, 11) is 1.51. The molecule has 0 spiro atoms. The van der Waals surface area contributed by atoms with Gasteiger partial charge in [-0.3, -0.25) is 4.79 Å². The molecule has 0 saturated carbocycles. The van der Waals surface area contributed by atoms with E-state index in [-0.39, 0.29) is 23.6 Å². The minimum atomic E-state index is -0.229. The van der Waals surface area contributed by atoms with Crippen molar-refractivity contribution in [2.45, 2.75) is 12.8 Å². The van der Waals surface area contributed by atoms with Crippen LogP contribution in [0.2, 0.25) is 0 Å². The lowest BCUT2D eigenvalue weighted by Gasteiger charge is -2.20. The SMILES string of the molecule is COc1cc(C[C@H]2C(=O)OC[C@@H]2Cc2ccc3c(c2)OCCO3)ccc1O. The second-order valence-electron chi connectivity index (χ2n) is 6.89. The number of phenols is 1. The van der Waals surface area contributed by atoms with Crippen molar-refractivity contribution in [2.75, 3.05) is 26.9 Å². The number of fused-ring (bicyclic) bond motifs is 1. The van der Waals surface area contributed by atoms with Crippen molar-refractivity contribution >= 4 is 5.97 Å². The van der Waals surface area contributed by atoms with E-state index >= 15 is 0 Å². The Labute approximate surface area is 157 Å². The highest BCUT2D eigenvalue weighted by atomic mass is 16.6. The van der Waals surface area contributed by atoms with Crippen molar-refractivity contribution in [3.63, 3.8) is 0 Å². The predicted octanol–water partition coefficient (Wildman–Crippen LogP) is 2.75. The number of carbonyl (C=O) groups excluding carboxylic acids is 1. The van der Waals surface area contributed by atoms with Crippen LogP contribution in [-0.4, -0.2) is 38.0 Å². The van der Waals surface area contributed by atoms with Gasteiger partial charge in [0, 0.05) is 5.92 Å². The molecule has 0 radical (unpaired) electrons. The third-order valence-electron chi connectivity index (χ3n) is 5.12. The summed E-state index contributed by atoms with van der Waals surface area (Å²) in [5.74, 6) is 1.68. The maximum Gasteiger partial charge on any atom is 0.309 e. The fourth-order valence-corrected chi connectivity index (χ4v) is 3.68. The molecule has 2 atom stereocenters. The first-order chi connectivity index (χ1) is 13.1. The lowest BCUT2D eigenvalue weighted by molar-refractivity contribution is -0.141. The number of phenolic OH excluding ortho intramolecular Hbond substituents is 1. The third-order valence-corrected chi connectivity index (χ3v) is 5.12. The Bertz CT molecular complexity index is 847. The standard InChI is InChI=1S/C21H22O6/c1-24-19-10-14(2-4-17(19)22)9-16-15(12-27-21(16)23)8-13-3-5-18-20(11-13)26-7-6-25-18/h2-5,10-11,15-16,22H,6-9,12H2,1H3/t15-,16+/m0/s1. The average Bonchev–Trinajstić information content (AvgIpc) is 3.02. The van der Waals surface area contributed by atoms with Crippen LogP contribution in [0.5, 0.6) is 23.0 Å². The van der Waals surface area contributed by atoms with Gasteiger partial charge in [0.15, 0.2) is 23.0 Å². The maximum atomic E-state index is 12.3.